The number of aliphatic hydroxyl groups excluding tert-OH is 1. The molecule has 160 valence electrons. The van der Waals surface area contributed by atoms with Gasteiger partial charge >= 0.3 is 5.69 Å². The Morgan fingerprint density at radius 3 is 2.39 bits per heavy atom. The molecule has 2 N–H and O–H groups in total. The van der Waals surface area contributed by atoms with Gasteiger partial charge < -0.3 is 10.4 Å². The van der Waals surface area contributed by atoms with Crippen LogP contribution in [0, 0.1) is 0 Å². The summed E-state index contributed by atoms with van der Waals surface area (Å²) in [6, 6.07) is 16.5. The lowest BCUT2D eigenvalue weighted by molar-refractivity contribution is 0.191. The Morgan fingerprint density at radius 2 is 1.71 bits per heavy atom. The van der Waals surface area contributed by atoms with Crippen molar-refractivity contribution >= 4 is 28.7 Å². The molecule has 2 heterocycles. The van der Waals surface area contributed by atoms with Crippen LogP contribution in [0.2, 0.25) is 5.02 Å². The van der Waals surface area contributed by atoms with Crippen LogP contribution in [0.1, 0.15) is 17.2 Å². The van der Waals surface area contributed by atoms with Crippen molar-refractivity contribution in [3.63, 3.8) is 0 Å². The van der Waals surface area contributed by atoms with Crippen LogP contribution in [0.3, 0.4) is 0 Å². The second-order valence-corrected chi connectivity index (χ2v) is 7.77. The van der Waals surface area contributed by atoms with E-state index < -0.39 is 17.4 Å². The van der Waals surface area contributed by atoms with E-state index in [9.17, 15) is 14.7 Å². The molecule has 0 radical (unpaired) electrons. The lowest BCUT2D eigenvalue weighted by Crippen LogP contribution is -2.37. The van der Waals surface area contributed by atoms with Crippen LogP contribution >= 0.6 is 11.6 Å². The minimum Gasteiger partial charge on any atom is -0.387 e. The number of nitrogens with one attached hydrogen (secondary N) is 1. The summed E-state index contributed by atoms with van der Waals surface area (Å²) in [7, 11) is 3.02. The van der Waals surface area contributed by atoms with Gasteiger partial charge in [0.1, 0.15) is 0 Å². The molecule has 4 aromatic rings. The Kier molecular flexibility index (Phi) is 5.67. The first-order valence-corrected chi connectivity index (χ1v) is 10.1. The summed E-state index contributed by atoms with van der Waals surface area (Å²) in [5.74, 6) is 0.387. The lowest BCUT2D eigenvalue weighted by atomic mass is 10.1. The summed E-state index contributed by atoms with van der Waals surface area (Å²) < 4.78 is 4.12. The fourth-order valence-electron chi connectivity index (χ4n) is 3.49. The number of hydrogen-bond acceptors (Lipinski definition) is 5. The van der Waals surface area contributed by atoms with E-state index >= 15 is 0 Å². The largest absolute Gasteiger partial charge is 0.387 e. The van der Waals surface area contributed by atoms with E-state index in [1.54, 1.807) is 23.7 Å². The summed E-state index contributed by atoms with van der Waals surface area (Å²) in [5.41, 5.74) is 1.36. The predicted molar refractivity (Wildman–Crippen MR) is 121 cm³/mol. The van der Waals surface area contributed by atoms with Crippen LogP contribution in [0.5, 0.6) is 0 Å². The van der Waals surface area contributed by atoms with Crippen LogP contribution in [-0.2, 0) is 20.6 Å². The molecule has 0 fully saturated rings. The normalized spacial score (nSPS) is 12.3. The van der Waals surface area contributed by atoms with Crippen molar-refractivity contribution in [3.8, 4) is 0 Å². The van der Waals surface area contributed by atoms with E-state index in [-0.39, 0.29) is 12.2 Å². The average molecular weight is 440 g/mol. The zero-order chi connectivity index (χ0) is 22.1. The molecule has 8 nitrogen and oxygen atoms in total. The first-order valence-electron chi connectivity index (χ1n) is 9.74. The van der Waals surface area contributed by atoms with Crippen molar-refractivity contribution in [3.05, 3.63) is 91.6 Å². The molecular weight excluding hydrogens is 418 g/mol. The highest BCUT2D eigenvalue weighted by atomic mass is 35.5. The molecule has 31 heavy (non-hydrogen) atoms. The zero-order valence-corrected chi connectivity index (χ0v) is 17.9. The van der Waals surface area contributed by atoms with Crippen LogP contribution in [0.25, 0.3) is 11.2 Å². The van der Waals surface area contributed by atoms with E-state index in [1.807, 2.05) is 42.5 Å². The van der Waals surface area contributed by atoms with Gasteiger partial charge in [0.05, 0.1) is 12.6 Å². The predicted octanol–water partition coefficient (Wildman–Crippen LogP) is 2.28. The van der Waals surface area contributed by atoms with E-state index in [1.165, 1.54) is 11.6 Å². The number of aromatic nitrogens is 4. The zero-order valence-electron chi connectivity index (χ0n) is 17.1. The summed E-state index contributed by atoms with van der Waals surface area (Å²) in [6.45, 7) is 0.521. The summed E-state index contributed by atoms with van der Waals surface area (Å²) >= 11 is 6.00. The monoisotopic (exact) mass is 439 g/mol. The molecule has 0 aliphatic carbocycles. The quantitative estimate of drug-likeness (QED) is 0.480. The molecule has 0 aliphatic rings. The standard InChI is InChI=1S/C22H22ClN5O3/c1-26-19-18(20(30)27(2)22(26)31)28(13-14-8-10-16(23)11-9-14)21(25-19)24-12-17(29)15-6-4-3-5-7-15/h3-11,17,29H,12-13H2,1-2H3,(H,24,25)/t17-/m1/s1. The minimum absolute atomic E-state index is 0.183. The smallest absolute Gasteiger partial charge is 0.332 e. The van der Waals surface area contributed by atoms with Gasteiger partial charge in [-0.15, -0.1) is 0 Å². The van der Waals surface area contributed by atoms with Gasteiger partial charge in [-0.1, -0.05) is 54.1 Å². The Labute approximate surface area is 183 Å². The molecular formula is C22H22ClN5O3. The third kappa shape index (κ3) is 3.99. The lowest BCUT2D eigenvalue weighted by Gasteiger charge is -2.14. The van der Waals surface area contributed by atoms with Crippen LogP contribution < -0.4 is 16.6 Å². The Bertz CT molecular complexity index is 1340. The molecule has 0 aliphatic heterocycles. The molecule has 0 bridgehead atoms. The van der Waals surface area contributed by atoms with Gasteiger partial charge in [0.25, 0.3) is 5.56 Å². The number of aliphatic hydroxyl groups is 1. The van der Waals surface area contributed by atoms with E-state index in [4.69, 9.17) is 11.6 Å². The highest BCUT2D eigenvalue weighted by molar-refractivity contribution is 6.30. The SMILES string of the molecule is Cn1c(=O)c2c(nc(NC[C@@H](O)c3ccccc3)n2Cc2ccc(Cl)cc2)n(C)c1=O. The number of halogens is 1. The highest BCUT2D eigenvalue weighted by Crippen LogP contribution is 2.20. The van der Waals surface area contributed by atoms with Gasteiger partial charge in [-0.2, -0.15) is 4.98 Å². The fourth-order valence-corrected chi connectivity index (χ4v) is 3.61. The van der Waals surface area contributed by atoms with Crippen molar-refractivity contribution in [1.29, 1.82) is 0 Å². The van der Waals surface area contributed by atoms with Gasteiger partial charge in [0.15, 0.2) is 11.2 Å². The summed E-state index contributed by atoms with van der Waals surface area (Å²) in [5, 5.41) is 14.3. The second kappa shape index (κ2) is 8.41. The van der Waals surface area contributed by atoms with Gasteiger partial charge in [0.2, 0.25) is 5.95 Å². The molecule has 9 heteroatoms. The number of benzene rings is 2. The first kappa shape index (κ1) is 20.9. The number of imidazole rings is 1. The number of rotatable bonds is 6. The van der Waals surface area contributed by atoms with E-state index in [0.29, 0.717) is 23.0 Å². The Hall–Kier alpha value is -3.36. The minimum atomic E-state index is -0.767. The molecule has 0 saturated heterocycles. The van der Waals surface area contributed by atoms with E-state index in [0.717, 1.165) is 15.7 Å². The van der Waals surface area contributed by atoms with Gasteiger partial charge in [-0.25, -0.2) is 4.79 Å². The second-order valence-electron chi connectivity index (χ2n) is 7.33. The highest BCUT2D eigenvalue weighted by Gasteiger charge is 2.20. The van der Waals surface area contributed by atoms with Crippen molar-refractivity contribution in [2.45, 2.75) is 12.6 Å². The topological polar surface area (TPSA) is 94.1 Å². The number of aryl methyl sites for hydroxylation is 1. The number of nitrogens with zero attached hydrogens (tertiary/aromatic N) is 4. The Morgan fingerprint density at radius 1 is 1.03 bits per heavy atom. The van der Waals surface area contributed by atoms with Crippen LogP contribution in [0.4, 0.5) is 5.95 Å². The molecule has 2 aromatic carbocycles. The molecule has 0 amide bonds. The maximum Gasteiger partial charge on any atom is 0.332 e. The van der Waals surface area contributed by atoms with Crippen molar-refractivity contribution in [2.75, 3.05) is 11.9 Å². The fraction of sp³-hybridized carbons (Fsp3) is 0.227. The number of fused-ring (bicyclic) bond motifs is 1. The van der Waals surface area contributed by atoms with Crippen LogP contribution in [-0.4, -0.2) is 30.3 Å². The van der Waals surface area contributed by atoms with E-state index in [2.05, 4.69) is 10.3 Å². The third-order valence-electron chi connectivity index (χ3n) is 5.24. The average Bonchev–Trinajstić information content (AvgIpc) is 3.15. The van der Waals surface area contributed by atoms with Gasteiger partial charge in [-0.3, -0.25) is 18.5 Å². The molecule has 0 saturated carbocycles. The maximum atomic E-state index is 12.9. The Balaban J connectivity index is 1.78. The van der Waals surface area contributed by atoms with Crippen molar-refractivity contribution in [2.24, 2.45) is 14.1 Å². The molecule has 4 rings (SSSR count). The van der Waals surface area contributed by atoms with Crippen molar-refractivity contribution in [1.82, 2.24) is 18.7 Å². The summed E-state index contributed by atoms with van der Waals surface area (Å²) in [4.78, 5) is 29.8. The van der Waals surface area contributed by atoms with Crippen molar-refractivity contribution < 1.29 is 5.11 Å². The first-order chi connectivity index (χ1) is 14.9. The van der Waals surface area contributed by atoms with Crippen LogP contribution in [0.15, 0.2) is 64.2 Å². The summed E-state index contributed by atoms with van der Waals surface area (Å²) in [6.07, 6.45) is -0.767. The molecule has 0 spiro atoms. The molecule has 2 aromatic heterocycles. The number of hydrogen-bond donors (Lipinski definition) is 2. The molecule has 1 atom stereocenters. The van der Waals surface area contributed by atoms with Gasteiger partial charge in [-0.05, 0) is 23.3 Å². The molecule has 0 unspecified atom stereocenters. The van der Waals surface area contributed by atoms with Gasteiger partial charge in [0, 0.05) is 25.7 Å². The third-order valence-corrected chi connectivity index (χ3v) is 5.49. The number of anilines is 1. The maximum absolute atomic E-state index is 12.9.